The summed E-state index contributed by atoms with van der Waals surface area (Å²) in [4.78, 5) is 24.4. The van der Waals surface area contributed by atoms with E-state index in [1.54, 1.807) is 20.0 Å². The molecule has 0 aliphatic heterocycles. The molecule has 0 amide bonds. The molecule has 0 spiro atoms. The van der Waals surface area contributed by atoms with Crippen molar-refractivity contribution in [3.63, 3.8) is 0 Å². The molecule has 2 N–H and O–H groups in total. The van der Waals surface area contributed by atoms with Gasteiger partial charge in [-0.1, -0.05) is 6.07 Å². The van der Waals surface area contributed by atoms with E-state index < -0.39 is 0 Å². The maximum absolute atomic E-state index is 12.2. The van der Waals surface area contributed by atoms with Gasteiger partial charge in [0.2, 0.25) is 0 Å². The van der Waals surface area contributed by atoms with E-state index in [1.165, 1.54) is 9.13 Å². The predicted octanol–water partition coefficient (Wildman–Crippen LogP) is 0.356. The van der Waals surface area contributed by atoms with Crippen molar-refractivity contribution in [3.05, 3.63) is 44.6 Å². The number of hydrogen-bond acceptors (Lipinski definition) is 3. The SMILES string of the molecule is Cc1ccc2c(=O)n(CC(C)N)c(=O)n(C)c2c1. The topological polar surface area (TPSA) is 70.0 Å². The smallest absolute Gasteiger partial charge is 0.326 e. The average Bonchev–Trinajstić information content (AvgIpc) is 2.31. The number of aromatic nitrogens is 2. The highest BCUT2D eigenvalue weighted by Gasteiger charge is 2.11. The minimum atomic E-state index is -0.324. The largest absolute Gasteiger partial charge is 0.331 e. The minimum absolute atomic E-state index is 0.231. The highest BCUT2D eigenvalue weighted by atomic mass is 16.2. The average molecular weight is 247 g/mol. The van der Waals surface area contributed by atoms with Gasteiger partial charge in [0, 0.05) is 19.6 Å². The molecule has 0 fully saturated rings. The number of rotatable bonds is 2. The summed E-state index contributed by atoms with van der Waals surface area (Å²) in [6.45, 7) is 3.93. The molecule has 0 aliphatic carbocycles. The summed E-state index contributed by atoms with van der Waals surface area (Å²) in [6.07, 6.45) is 0. The van der Waals surface area contributed by atoms with Crippen LogP contribution in [0.3, 0.4) is 0 Å². The zero-order chi connectivity index (χ0) is 13.4. The van der Waals surface area contributed by atoms with Crippen LogP contribution in [0.2, 0.25) is 0 Å². The van der Waals surface area contributed by atoms with Crippen molar-refractivity contribution < 1.29 is 0 Å². The van der Waals surface area contributed by atoms with E-state index in [4.69, 9.17) is 5.73 Å². The second kappa shape index (κ2) is 4.42. The maximum atomic E-state index is 12.2. The number of hydrogen-bond donors (Lipinski definition) is 1. The van der Waals surface area contributed by atoms with E-state index in [0.717, 1.165) is 5.56 Å². The highest BCUT2D eigenvalue weighted by Crippen LogP contribution is 2.09. The molecule has 5 nitrogen and oxygen atoms in total. The Labute approximate surface area is 104 Å². The van der Waals surface area contributed by atoms with E-state index >= 15 is 0 Å². The molecule has 1 aromatic carbocycles. The number of aryl methyl sites for hydroxylation is 2. The van der Waals surface area contributed by atoms with Crippen molar-refractivity contribution in [2.75, 3.05) is 0 Å². The van der Waals surface area contributed by atoms with Gasteiger partial charge in [-0.2, -0.15) is 0 Å². The lowest BCUT2D eigenvalue weighted by Crippen LogP contribution is -2.42. The molecule has 96 valence electrons. The van der Waals surface area contributed by atoms with Crippen LogP contribution in [0.25, 0.3) is 10.9 Å². The van der Waals surface area contributed by atoms with Crippen LogP contribution in [0.5, 0.6) is 0 Å². The first-order valence-electron chi connectivity index (χ1n) is 5.87. The van der Waals surface area contributed by atoms with Gasteiger partial charge in [0.15, 0.2) is 0 Å². The molecule has 2 rings (SSSR count). The predicted molar refractivity (Wildman–Crippen MR) is 71.8 cm³/mol. The number of nitrogens with zero attached hydrogens (tertiary/aromatic N) is 2. The van der Waals surface area contributed by atoms with Crippen LogP contribution in [0.4, 0.5) is 0 Å². The Morgan fingerprint density at radius 1 is 1.33 bits per heavy atom. The molecular weight excluding hydrogens is 230 g/mol. The Balaban J connectivity index is 2.88. The first kappa shape index (κ1) is 12.6. The van der Waals surface area contributed by atoms with Gasteiger partial charge in [-0.25, -0.2) is 4.79 Å². The molecule has 18 heavy (non-hydrogen) atoms. The van der Waals surface area contributed by atoms with Gasteiger partial charge in [0.25, 0.3) is 5.56 Å². The van der Waals surface area contributed by atoms with E-state index in [0.29, 0.717) is 10.9 Å². The monoisotopic (exact) mass is 247 g/mol. The molecule has 0 bridgehead atoms. The summed E-state index contributed by atoms with van der Waals surface area (Å²) in [5.74, 6) is 0. The summed E-state index contributed by atoms with van der Waals surface area (Å²) in [7, 11) is 1.67. The van der Waals surface area contributed by atoms with Gasteiger partial charge in [-0.05, 0) is 31.5 Å². The van der Waals surface area contributed by atoms with Crippen LogP contribution in [-0.4, -0.2) is 15.2 Å². The Morgan fingerprint density at radius 3 is 2.61 bits per heavy atom. The highest BCUT2D eigenvalue weighted by molar-refractivity contribution is 5.78. The van der Waals surface area contributed by atoms with Crippen LogP contribution >= 0.6 is 0 Å². The second-order valence-corrected chi connectivity index (χ2v) is 4.76. The fraction of sp³-hybridized carbons (Fsp3) is 0.385. The molecule has 0 radical (unpaired) electrons. The lowest BCUT2D eigenvalue weighted by molar-refractivity contribution is 0.538. The number of benzene rings is 1. The van der Waals surface area contributed by atoms with Crippen molar-refractivity contribution in [2.45, 2.75) is 26.4 Å². The van der Waals surface area contributed by atoms with Gasteiger partial charge < -0.3 is 5.73 Å². The van der Waals surface area contributed by atoms with Gasteiger partial charge in [0.05, 0.1) is 10.9 Å². The third-order valence-electron chi connectivity index (χ3n) is 2.98. The lowest BCUT2D eigenvalue weighted by atomic mass is 10.1. The van der Waals surface area contributed by atoms with Gasteiger partial charge in [-0.15, -0.1) is 0 Å². The summed E-state index contributed by atoms with van der Waals surface area (Å²) in [5.41, 5.74) is 6.75. The maximum Gasteiger partial charge on any atom is 0.331 e. The Morgan fingerprint density at radius 2 is 2.00 bits per heavy atom. The summed E-state index contributed by atoms with van der Waals surface area (Å²) < 4.78 is 2.69. The van der Waals surface area contributed by atoms with Gasteiger partial charge in [-0.3, -0.25) is 13.9 Å². The van der Waals surface area contributed by atoms with Crippen molar-refractivity contribution >= 4 is 10.9 Å². The zero-order valence-electron chi connectivity index (χ0n) is 10.8. The summed E-state index contributed by atoms with van der Waals surface area (Å²) in [6, 6.07) is 5.22. The normalized spacial score (nSPS) is 12.9. The fourth-order valence-electron chi connectivity index (χ4n) is 2.07. The Kier molecular flexibility index (Phi) is 3.09. The van der Waals surface area contributed by atoms with E-state index in [-0.39, 0.29) is 23.8 Å². The molecule has 0 saturated carbocycles. The summed E-state index contributed by atoms with van der Waals surface area (Å²) in [5, 5.41) is 0.545. The van der Waals surface area contributed by atoms with Crippen molar-refractivity contribution in [1.29, 1.82) is 0 Å². The molecule has 0 aliphatic rings. The molecule has 2 aromatic rings. The van der Waals surface area contributed by atoms with Crippen LogP contribution in [0.1, 0.15) is 12.5 Å². The molecule has 1 atom stereocenters. The molecule has 0 saturated heterocycles. The van der Waals surface area contributed by atoms with Crippen LogP contribution in [-0.2, 0) is 13.6 Å². The van der Waals surface area contributed by atoms with Crippen molar-refractivity contribution in [1.82, 2.24) is 9.13 Å². The van der Waals surface area contributed by atoms with Crippen LogP contribution in [0, 0.1) is 6.92 Å². The Hall–Kier alpha value is -1.88. The molecule has 5 heteroatoms. The molecule has 1 unspecified atom stereocenters. The van der Waals surface area contributed by atoms with Crippen LogP contribution < -0.4 is 17.0 Å². The van der Waals surface area contributed by atoms with E-state index in [9.17, 15) is 9.59 Å². The zero-order valence-corrected chi connectivity index (χ0v) is 10.8. The lowest BCUT2D eigenvalue weighted by Gasteiger charge is -2.12. The molecule has 1 aromatic heterocycles. The number of nitrogens with two attached hydrogens (primary N) is 1. The fourth-order valence-corrected chi connectivity index (χ4v) is 2.07. The van der Waals surface area contributed by atoms with E-state index in [1.807, 2.05) is 19.1 Å². The standard InChI is InChI=1S/C13H17N3O2/c1-8-4-5-10-11(6-8)15(3)13(18)16(12(10)17)7-9(2)14/h4-6,9H,7,14H2,1-3H3. The number of fused-ring (bicyclic) bond motifs is 1. The van der Waals surface area contributed by atoms with Gasteiger partial charge in [0.1, 0.15) is 0 Å². The quantitative estimate of drug-likeness (QED) is 0.832. The van der Waals surface area contributed by atoms with Crippen LogP contribution in [0.15, 0.2) is 27.8 Å². The first-order valence-corrected chi connectivity index (χ1v) is 5.87. The third-order valence-corrected chi connectivity index (χ3v) is 2.98. The minimum Gasteiger partial charge on any atom is -0.326 e. The summed E-state index contributed by atoms with van der Waals surface area (Å²) >= 11 is 0. The molecule has 1 heterocycles. The van der Waals surface area contributed by atoms with E-state index in [2.05, 4.69) is 0 Å². The first-order chi connectivity index (χ1) is 8.41. The second-order valence-electron chi connectivity index (χ2n) is 4.76. The van der Waals surface area contributed by atoms with Gasteiger partial charge >= 0.3 is 5.69 Å². The third kappa shape index (κ3) is 1.97. The van der Waals surface area contributed by atoms with Crippen molar-refractivity contribution in [2.24, 2.45) is 12.8 Å². The Bertz CT molecular complexity index is 710. The molecular formula is C13H17N3O2. The van der Waals surface area contributed by atoms with Crippen molar-refractivity contribution in [3.8, 4) is 0 Å².